The van der Waals surface area contributed by atoms with Gasteiger partial charge in [0.1, 0.15) is 19.8 Å². The molecule has 0 saturated heterocycles. The van der Waals surface area contributed by atoms with Crippen molar-refractivity contribution < 1.29 is 42.1 Å². The standard InChI is InChI=1S/C70H116NO8P/c1-6-8-10-12-14-16-18-20-22-24-26-27-28-29-30-31-32-33-34-35-36-37-38-39-40-41-42-43-45-47-49-51-53-55-57-59-61-63-70(73)79-68(67-78-80(74,75)77-65-64-71(3,4)5)66-76-69(72)62-60-58-56-54-52-50-48-46-44-25-23-21-19-17-15-13-11-9-7-2/h8-11,14-17,20-23,26-27,29-30,32-33,35-36,44,46,50,52,68H,6-7,12-13,18-19,24-25,28,31,34,37-43,45,47-49,51,53-67H2,1-5H3/b10-8-,11-9-,16-14-,17-15-,22-20-,23-21-,27-26-,30-29-,33-32-,36-35-,46-44-,52-50-. The highest BCUT2D eigenvalue weighted by atomic mass is 31.2. The van der Waals surface area contributed by atoms with E-state index < -0.39 is 32.5 Å². The Kier molecular flexibility index (Phi) is 56.5. The summed E-state index contributed by atoms with van der Waals surface area (Å²) >= 11 is 0. The molecule has 80 heavy (non-hydrogen) atoms. The molecule has 0 aliphatic carbocycles. The number of unbranched alkanes of at least 4 members (excludes halogenated alkanes) is 18. The Morgan fingerprint density at radius 2 is 0.675 bits per heavy atom. The molecule has 0 aromatic rings. The predicted octanol–water partition coefficient (Wildman–Crippen LogP) is 19.6. The van der Waals surface area contributed by atoms with Gasteiger partial charge in [-0.05, 0) is 116 Å². The molecule has 0 spiro atoms. The molecular weight excluding hydrogens is 1010 g/mol. The lowest BCUT2D eigenvalue weighted by Crippen LogP contribution is -2.37. The van der Waals surface area contributed by atoms with Crippen molar-refractivity contribution in [3.8, 4) is 0 Å². The fourth-order valence-corrected chi connectivity index (χ4v) is 8.80. The SMILES string of the molecule is CC/C=C\C/C=C\C/C=C\C/C=C\C/C=C\C/C=C\C/C=C\CCCCCCCCCCCCCCCCCC(=O)OC(COC(=O)CCCCC/C=C\C/C=C\C/C=C\C/C=C\C/C=C\CC)COP(=O)([O-])OCC[N+](C)(C)C. The van der Waals surface area contributed by atoms with Crippen LogP contribution in [0.1, 0.15) is 232 Å². The summed E-state index contributed by atoms with van der Waals surface area (Å²) < 4.78 is 34.2. The number of quaternary nitrogens is 1. The summed E-state index contributed by atoms with van der Waals surface area (Å²) in [5.74, 6) is -0.878. The Labute approximate surface area is 491 Å². The molecule has 0 heterocycles. The van der Waals surface area contributed by atoms with Gasteiger partial charge in [-0.2, -0.15) is 0 Å². The lowest BCUT2D eigenvalue weighted by atomic mass is 10.0. The van der Waals surface area contributed by atoms with Gasteiger partial charge < -0.3 is 27.9 Å². The molecule has 0 aromatic carbocycles. The predicted molar refractivity (Wildman–Crippen MR) is 341 cm³/mol. The lowest BCUT2D eigenvalue weighted by Gasteiger charge is -2.28. The Bertz CT molecular complexity index is 1860. The molecule has 0 N–H and O–H groups in total. The maximum absolute atomic E-state index is 12.8. The van der Waals surface area contributed by atoms with E-state index in [1.807, 2.05) is 21.1 Å². The minimum absolute atomic E-state index is 0.0432. The van der Waals surface area contributed by atoms with Crippen molar-refractivity contribution in [3.05, 3.63) is 146 Å². The molecule has 2 unspecified atom stereocenters. The molecule has 9 nitrogen and oxygen atoms in total. The molecule has 0 saturated carbocycles. The molecule has 10 heteroatoms. The van der Waals surface area contributed by atoms with Crippen molar-refractivity contribution in [1.82, 2.24) is 0 Å². The van der Waals surface area contributed by atoms with Crippen molar-refractivity contribution in [2.45, 2.75) is 238 Å². The summed E-state index contributed by atoms with van der Waals surface area (Å²) in [5, 5.41) is 0. The maximum Gasteiger partial charge on any atom is 0.306 e. The Balaban J connectivity index is 4.11. The number of likely N-dealkylation sites (N-methyl/N-ethyl adjacent to an activating group) is 1. The number of phosphoric ester groups is 1. The van der Waals surface area contributed by atoms with E-state index in [0.717, 1.165) is 116 Å². The van der Waals surface area contributed by atoms with Crippen molar-refractivity contribution in [2.75, 3.05) is 47.5 Å². The van der Waals surface area contributed by atoms with Crippen molar-refractivity contribution >= 4 is 19.8 Å². The molecule has 0 aliphatic heterocycles. The summed E-state index contributed by atoms with van der Waals surface area (Å²) in [6.07, 6.45) is 87.7. The minimum Gasteiger partial charge on any atom is -0.756 e. The van der Waals surface area contributed by atoms with Gasteiger partial charge in [-0.3, -0.25) is 14.2 Å². The second-order valence-electron chi connectivity index (χ2n) is 21.7. The number of nitrogens with zero attached hydrogens (tertiary/aromatic N) is 1. The summed E-state index contributed by atoms with van der Waals surface area (Å²) in [4.78, 5) is 37.9. The maximum atomic E-state index is 12.8. The highest BCUT2D eigenvalue weighted by Crippen LogP contribution is 2.38. The minimum atomic E-state index is -4.65. The Morgan fingerprint density at radius 1 is 0.388 bits per heavy atom. The Morgan fingerprint density at radius 3 is 1.01 bits per heavy atom. The van der Waals surface area contributed by atoms with Gasteiger partial charge in [0.2, 0.25) is 0 Å². The molecular formula is C70H116NO8P. The first-order valence-corrected chi connectivity index (χ1v) is 33.0. The van der Waals surface area contributed by atoms with Crippen LogP contribution in [0.4, 0.5) is 0 Å². The van der Waals surface area contributed by atoms with Gasteiger partial charge in [0.25, 0.3) is 7.82 Å². The molecule has 454 valence electrons. The van der Waals surface area contributed by atoms with E-state index in [1.54, 1.807) is 0 Å². The number of esters is 2. The zero-order chi connectivity index (χ0) is 58.4. The zero-order valence-corrected chi connectivity index (χ0v) is 52.4. The third kappa shape index (κ3) is 63.1. The van der Waals surface area contributed by atoms with Crippen molar-refractivity contribution in [3.63, 3.8) is 0 Å². The van der Waals surface area contributed by atoms with E-state index in [-0.39, 0.29) is 26.1 Å². The molecule has 0 aromatic heterocycles. The molecule has 2 atom stereocenters. The molecule has 0 aliphatic rings. The van der Waals surface area contributed by atoms with E-state index in [4.69, 9.17) is 18.5 Å². The van der Waals surface area contributed by atoms with Gasteiger partial charge in [0.15, 0.2) is 6.10 Å². The topological polar surface area (TPSA) is 111 Å². The fourth-order valence-electron chi connectivity index (χ4n) is 8.07. The van der Waals surface area contributed by atoms with Crippen LogP contribution >= 0.6 is 7.82 Å². The quantitative estimate of drug-likeness (QED) is 0.0195. The zero-order valence-electron chi connectivity index (χ0n) is 51.5. The number of hydrogen-bond acceptors (Lipinski definition) is 8. The van der Waals surface area contributed by atoms with E-state index in [9.17, 15) is 19.0 Å². The monoisotopic (exact) mass is 1130 g/mol. The third-order valence-electron chi connectivity index (χ3n) is 12.9. The molecule has 0 amide bonds. The Hall–Kier alpha value is -4.11. The molecule has 0 fully saturated rings. The summed E-state index contributed by atoms with van der Waals surface area (Å²) in [6.45, 7) is 3.96. The largest absolute Gasteiger partial charge is 0.756 e. The van der Waals surface area contributed by atoms with Crippen LogP contribution in [-0.4, -0.2) is 70.0 Å². The summed E-state index contributed by atoms with van der Waals surface area (Å²) in [6, 6.07) is 0. The molecule has 0 bridgehead atoms. The van der Waals surface area contributed by atoms with Crippen LogP contribution in [0.15, 0.2) is 146 Å². The van der Waals surface area contributed by atoms with E-state index >= 15 is 0 Å². The number of carbonyl (C=O) groups excluding carboxylic acids is 2. The van der Waals surface area contributed by atoms with Crippen LogP contribution in [-0.2, 0) is 32.7 Å². The van der Waals surface area contributed by atoms with E-state index in [0.29, 0.717) is 23.9 Å². The van der Waals surface area contributed by atoms with Crippen LogP contribution in [0.25, 0.3) is 0 Å². The molecule has 0 radical (unpaired) electrons. The van der Waals surface area contributed by atoms with E-state index in [2.05, 4.69) is 160 Å². The second-order valence-corrected chi connectivity index (χ2v) is 23.1. The normalized spacial score (nSPS) is 14.2. The number of hydrogen-bond donors (Lipinski definition) is 0. The van der Waals surface area contributed by atoms with E-state index in [1.165, 1.54) is 77.0 Å². The van der Waals surface area contributed by atoms with Crippen LogP contribution in [0.2, 0.25) is 0 Å². The van der Waals surface area contributed by atoms with Gasteiger partial charge in [-0.1, -0.05) is 250 Å². The second kappa shape index (κ2) is 59.5. The lowest BCUT2D eigenvalue weighted by molar-refractivity contribution is -0.870. The first-order chi connectivity index (χ1) is 39.0. The first-order valence-electron chi connectivity index (χ1n) is 31.5. The highest BCUT2D eigenvalue weighted by molar-refractivity contribution is 7.45. The first kappa shape index (κ1) is 75.9. The van der Waals surface area contributed by atoms with Crippen LogP contribution in [0, 0.1) is 0 Å². The van der Waals surface area contributed by atoms with Gasteiger partial charge in [-0.15, -0.1) is 0 Å². The van der Waals surface area contributed by atoms with Gasteiger partial charge in [-0.25, -0.2) is 0 Å². The van der Waals surface area contributed by atoms with Crippen LogP contribution in [0.5, 0.6) is 0 Å². The van der Waals surface area contributed by atoms with Gasteiger partial charge in [0, 0.05) is 12.8 Å². The summed E-state index contributed by atoms with van der Waals surface area (Å²) in [7, 11) is 1.13. The van der Waals surface area contributed by atoms with Crippen molar-refractivity contribution in [2.24, 2.45) is 0 Å². The fraction of sp³-hybridized carbons (Fsp3) is 0.629. The van der Waals surface area contributed by atoms with Crippen LogP contribution in [0.3, 0.4) is 0 Å². The number of rotatable bonds is 56. The van der Waals surface area contributed by atoms with Gasteiger partial charge in [0.05, 0.1) is 27.7 Å². The number of allylic oxidation sites excluding steroid dienone is 24. The number of phosphoric acid groups is 1. The molecule has 0 rings (SSSR count). The third-order valence-corrected chi connectivity index (χ3v) is 13.8. The average molecular weight is 1130 g/mol. The van der Waals surface area contributed by atoms with Gasteiger partial charge >= 0.3 is 11.9 Å². The average Bonchev–Trinajstić information content (AvgIpc) is 3.42. The number of ether oxygens (including phenoxy) is 2. The summed E-state index contributed by atoms with van der Waals surface area (Å²) in [5.41, 5.74) is 0. The number of carbonyl (C=O) groups is 2. The highest BCUT2D eigenvalue weighted by Gasteiger charge is 2.22. The van der Waals surface area contributed by atoms with Crippen molar-refractivity contribution in [1.29, 1.82) is 0 Å². The van der Waals surface area contributed by atoms with Crippen LogP contribution < -0.4 is 4.89 Å². The smallest absolute Gasteiger partial charge is 0.306 e.